The summed E-state index contributed by atoms with van der Waals surface area (Å²) >= 11 is 0. The van der Waals surface area contributed by atoms with E-state index in [-0.39, 0.29) is 16.9 Å². The third-order valence-corrected chi connectivity index (χ3v) is 1.96. The van der Waals surface area contributed by atoms with Crippen LogP contribution in [-0.2, 0) is 0 Å². The maximum Gasteiger partial charge on any atom is 0.256 e. The fourth-order valence-corrected chi connectivity index (χ4v) is 1.15. The third-order valence-electron chi connectivity index (χ3n) is 1.96. The first-order valence-corrected chi connectivity index (χ1v) is 4.77. The van der Waals surface area contributed by atoms with E-state index in [1.807, 2.05) is 0 Å². The lowest BCUT2D eigenvalue weighted by Crippen LogP contribution is -2.33. The van der Waals surface area contributed by atoms with Crippen LogP contribution in [0.1, 0.15) is 16.1 Å². The lowest BCUT2D eigenvalue weighted by atomic mass is 10.2. The van der Waals surface area contributed by atoms with Crippen molar-refractivity contribution in [1.82, 2.24) is 15.6 Å². The second kappa shape index (κ2) is 5.31. The van der Waals surface area contributed by atoms with Gasteiger partial charge in [-0.25, -0.2) is 0 Å². The SMILES string of the molecule is CNCCNC(=O)c1c[nH]c(C)cc1=O. The molecule has 15 heavy (non-hydrogen) atoms. The molecule has 1 heterocycles. The van der Waals surface area contributed by atoms with Crippen molar-refractivity contribution in [2.24, 2.45) is 0 Å². The van der Waals surface area contributed by atoms with Gasteiger partial charge in [0, 0.05) is 31.0 Å². The monoisotopic (exact) mass is 209 g/mol. The summed E-state index contributed by atoms with van der Waals surface area (Å²) in [5, 5.41) is 5.54. The molecule has 0 atom stereocenters. The predicted octanol–water partition coefficient (Wildman–Crippen LogP) is -0.367. The molecule has 0 aliphatic carbocycles. The molecule has 0 aliphatic heterocycles. The van der Waals surface area contributed by atoms with Gasteiger partial charge >= 0.3 is 0 Å². The number of aromatic amines is 1. The number of H-pyrrole nitrogens is 1. The minimum Gasteiger partial charge on any atom is -0.364 e. The van der Waals surface area contributed by atoms with Crippen molar-refractivity contribution in [3.05, 3.63) is 33.7 Å². The van der Waals surface area contributed by atoms with E-state index in [1.165, 1.54) is 12.3 Å². The molecule has 0 bridgehead atoms. The Labute approximate surface area is 87.9 Å². The van der Waals surface area contributed by atoms with Crippen LogP contribution in [0.4, 0.5) is 0 Å². The van der Waals surface area contributed by atoms with E-state index in [9.17, 15) is 9.59 Å². The number of aryl methyl sites for hydroxylation is 1. The van der Waals surface area contributed by atoms with E-state index in [0.29, 0.717) is 13.1 Å². The number of carbonyl (C=O) groups is 1. The van der Waals surface area contributed by atoms with Crippen LogP contribution in [0.5, 0.6) is 0 Å². The van der Waals surface area contributed by atoms with E-state index < -0.39 is 0 Å². The first kappa shape index (κ1) is 11.5. The van der Waals surface area contributed by atoms with Crippen LogP contribution >= 0.6 is 0 Å². The summed E-state index contributed by atoms with van der Waals surface area (Å²) in [7, 11) is 1.80. The zero-order valence-electron chi connectivity index (χ0n) is 8.89. The number of nitrogens with one attached hydrogen (secondary N) is 3. The summed E-state index contributed by atoms with van der Waals surface area (Å²) in [6.07, 6.45) is 1.44. The van der Waals surface area contributed by atoms with E-state index in [1.54, 1.807) is 14.0 Å². The number of pyridine rings is 1. The highest BCUT2D eigenvalue weighted by atomic mass is 16.2. The van der Waals surface area contributed by atoms with Crippen molar-refractivity contribution in [2.45, 2.75) is 6.92 Å². The lowest BCUT2D eigenvalue weighted by Gasteiger charge is -2.04. The van der Waals surface area contributed by atoms with Crippen molar-refractivity contribution in [1.29, 1.82) is 0 Å². The molecule has 1 amide bonds. The molecule has 0 saturated heterocycles. The first-order chi connectivity index (χ1) is 7.15. The third kappa shape index (κ3) is 3.21. The van der Waals surface area contributed by atoms with E-state index in [0.717, 1.165) is 5.69 Å². The molecule has 0 unspecified atom stereocenters. The largest absolute Gasteiger partial charge is 0.364 e. The quantitative estimate of drug-likeness (QED) is 0.592. The van der Waals surface area contributed by atoms with Gasteiger partial charge in [-0.05, 0) is 14.0 Å². The zero-order chi connectivity index (χ0) is 11.3. The fraction of sp³-hybridized carbons (Fsp3) is 0.400. The molecule has 1 aromatic rings. The minimum absolute atomic E-state index is 0.150. The molecule has 0 aromatic carbocycles. The molecule has 0 aliphatic rings. The number of hydrogen-bond acceptors (Lipinski definition) is 3. The Hall–Kier alpha value is -1.62. The minimum atomic E-state index is -0.341. The standard InChI is InChI=1S/C10H15N3O2/c1-7-5-9(14)8(6-13-7)10(15)12-4-3-11-2/h5-6,11H,3-4H2,1-2H3,(H,12,15)(H,13,14). The van der Waals surface area contributed by atoms with Gasteiger partial charge < -0.3 is 15.6 Å². The van der Waals surface area contributed by atoms with Crippen LogP contribution in [0.25, 0.3) is 0 Å². The van der Waals surface area contributed by atoms with Crippen molar-refractivity contribution < 1.29 is 4.79 Å². The second-order valence-corrected chi connectivity index (χ2v) is 3.25. The Morgan fingerprint density at radius 3 is 2.80 bits per heavy atom. The molecular weight excluding hydrogens is 194 g/mol. The molecule has 82 valence electrons. The van der Waals surface area contributed by atoms with Crippen molar-refractivity contribution in [3.63, 3.8) is 0 Å². The number of likely N-dealkylation sites (N-methyl/N-ethyl adjacent to an activating group) is 1. The van der Waals surface area contributed by atoms with Gasteiger partial charge in [0.1, 0.15) is 5.56 Å². The number of rotatable bonds is 4. The van der Waals surface area contributed by atoms with Gasteiger partial charge in [0.15, 0.2) is 5.43 Å². The second-order valence-electron chi connectivity index (χ2n) is 3.25. The number of aromatic nitrogens is 1. The molecule has 5 nitrogen and oxygen atoms in total. The van der Waals surface area contributed by atoms with Gasteiger partial charge in [0.05, 0.1) is 0 Å². The van der Waals surface area contributed by atoms with Crippen LogP contribution in [0.2, 0.25) is 0 Å². The molecule has 0 saturated carbocycles. The van der Waals surface area contributed by atoms with Crippen molar-refractivity contribution >= 4 is 5.91 Å². The maximum atomic E-state index is 11.5. The Balaban J connectivity index is 2.70. The van der Waals surface area contributed by atoms with Crippen LogP contribution in [-0.4, -0.2) is 31.0 Å². The van der Waals surface area contributed by atoms with Gasteiger partial charge in [-0.3, -0.25) is 9.59 Å². The Morgan fingerprint density at radius 2 is 2.20 bits per heavy atom. The van der Waals surface area contributed by atoms with Gasteiger partial charge in [0.25, 0.3) is 5.91 Å². The number of hydrogen-bond donors (Lipinski definition) is 3. The average Bonchev–Trinajstić information content (AvgIpc) is 2.17. The van der Waals surface area contributed by atoms with Crippen molar-refractivity contribution in [2.75, 3.05) is 20.1 Å². The van der Waals surface area contributed by atoms with Gasteiger partial charge in [-0.15, -0.1) is 0 Å². The Bertz CT molecular complexity index is 398. The topological polar surface area (TPSA) is 74.0 Å². The van der Waals surface area contributed by atoms with Crippen LogP contribution in [0, 0.1) is 6.92 Å². The molecular formula is C10H15N3O2. The van der Waals surface area contributed by atoms with Crippen LogP contribution in [0.15, 0.2) is 17.1 Å². The lowest BCUT2D eigenvalue weighted by molar-refractivity contribution is 0.0952. The van der Waals surface area contributed by atoms with Crippen LogP contribution in [0.3, 0.4) is 0 Å². The van der Waals surface area contributed by atoms with Crippen molar-refractivity contribution in [3.8, 4) is 0 Å². The highest BCUT2D eigenvalue weighted by molar-refractivity contribution is 5.93. The van der Waals surface area contributed by atoms with E-state index in [2.05, 4.69) is 15.6 Å². The summed E-state index contributed by atoms with van der Waals surface area (Å²) in [5.41, 5.74) is 0.636. The molecule has 0 fully saturated rings. The highest BCUT2D eigenvalue weighted by Crippen LogP contribution is 1.91. The number of amides is 1. The normalized spacial score (nSPS) is 10.0. The highest BCUT2D eigenvalue weighted by Gasteiger charge is 2.08. The summed E-state index contributed by atoms with van der Waals surface area (Å²) in [4.78, 5) is 25.7. The molecule has 1 rings (SSSR count). The van der Waals surface area contributed by atoms with Crippen LogP contribution < -0.4 is 16.1 Å². The van der Waals surface area contributed by atoms with Gasteiger partial charge in [-0.1, -0.05) is 0 Å². The summed E-state index contributed by atoms with van der Waals surface area (Å²) in [6.45, 7) is 2.95. The van der Waals surface area contributed by atoms with Gasteiger partial charge in [-0.2, -0.15) is 0 Å². The first-order valence-electron chi connectivity index (χ1n) is 4.77. The Kier molecular flexibility index (Phi) is 4.05. The Morgan fingerprint density at radius 1 is 1.47 bits per heavy atom. The van der Waals surface area contributed by atoms with Gasteiger partial charge in [0.2, 0.25) is 0 Å². The fourth-order valence-electron chi connectivity index (χ4n) is 1.15. The average molecular weight is 209 g/mol. The maximum absolute atomic E-state index is 11.5. The molecule has 1 aromatic heterocycles. The molecule has 3 N–H and O–H groups in total. The summed E-state index contributed by atoms with van der Waals surface area (Å²) in [6, 6.07) is 1.41. The van der Waals surface area contributed by atoms with E-state index >= 15 is 0 Å². The summed E-state index contributed by atoms with van der Waals surface area (Å²) in [5.74, 6) is -0.341. The molecule has 0 spiro atoms. The summed E-state index contributed by atoms with van der Waals surface area (Å²) < 4.78 is 0. The molecule has 0 radical (unpaired) electrons. The molecule has 5 heteroatoms. The van der Waals surface area contributed by atoms with E-state index in [4.69, 9.17) is 0 Å². The number of carbonyl (C=O) groups excluding carboxylic acids is 1. The predicted molar refractivity (Wildman–Crippen MR) is 58.1 cm³/mol. The smallest absolute Gasteiger partial charge is 0.256 e. The zero-order valence-corrected chi connectivity index (χ0v) is 8.89.